The van der Waals surface area contributed by atoms with Gasteiger partial charge in [-0.1, -0.05) is 30.3 Å². The summed E-state index contributed by atoms with van der Waals surface area (Å²) in [6.07, 6.45) is -0.605. The summed E-state index contributed by atoms with van der Waals surface area (Å²) in [5, 5.41) is 2.51. The van der Waals surface area contributed by atoms with Gasteiger partial charge in [-0.3, -0.25) is 5.32 Å². The lowest BCUT2D eigenvalue weighted by Crippen LogP contribution is -2.15. The predicted molar refractivity (Wildman–Crippen MR) is 97.9 cm³/mol. The lowest BCUT2D eigenvalue weighted by Gasteiger charge is -2.11. The molecule has 8 nitrogen and oxygen atoms in total. The van der Waals surface area contributed by atoms with E-state index in [0.29, 0.717) is 29.2 Å². The van der Waals surface area contributed by atoms with Crippen molar-refractivity contribution in [1.29, 1.82) is 0 Å². The highest BCUT2D eigenvalue weighted by molar-refractivity contribution is 5.91. The predicted octanol–water partition coefficient (Wildman–Crippen LogP) is 3.06. The lowest BCUT2D eigenvalue weighted by molar-refractivity contribution is 0.168. The van der Waals surface area contributed by atoms with Crippen LogP contribution < -0.4 is 15.8 Å². The van der Waals surface area contributed by atoms with Gasteiger partial charge in [-0.15, -0.1) is 0 Å². The van der Waals surface area contributed by atoms with Crippen molar-refractivity contribution < 1.29 is 14.3 Å². The number of aromatic nitrogens is 3. The topological polar surface area (TPSA) is 112 Å². The Morgan fingerprint density at radius 2 is 1.96 bits per heavy atom. The highest BCUT2D eigenvalue weighted by Gasteiger charge is 2.13. The van der Waals surface area contributed by atoms with Gasteiger partial charge in [0.25, 0.3) is 0 Å². The summed E-state index contributed by atoms with van der Waals surface area (Å²) < 4.78 is 10.6. The van der Waals surface area contributed by atoms with Crippen molar-refractivity contribution in [1.82, 2.24) is 15.0 Å². The molecular formula is C18H19N5O3. The van der Waals surface area contributed by atoms with Gasteiger partial charge in [-0.25, -0.2) is 19.7 Å². The minimum absolute atomic E-state index is 0.145. The Morgan fingerprint density at radius 1 is 1.19 bits per heavy atom. The van der Waals surface area contributed by atoms with E-state index in [-0.39, 0.29) is 18.2 Å². The summed E-state index contributed by atoms with van der Waals surface area (Å²) in [5.41, 5.74) is 8.52. The molecule has 0 radical (unpaired) electrons. The Kier molecular flexibility index (Phi) is 5.12. The van der Waals surface area contributed by atoms with E-state index in [1.165, 1.54) is 0 Å². The molecule has 0 aliphatic rings. The third-order valence-electron chi connectivity index (χ3n) is 3.53. The first kappa shape index (κ1) is 17.4. The molecule has 0 saturated heterocycles. The molecule has 0 saturated carbocycles. The van der Waals surface area contributed by atoms with Crippen molar-refractivity contribution in [3.63, 3.8) is 0 Å². The zero-order valence-electron chi connectivity index (χ0n) is 14.5. The zero-order valence-corrected chi connectivity index (χ0v) is 14.5. The van der Waals surface area contributed by atoms with Crippen molar-refractivity contribution in [3.05, 3.63) is 47.7 Å². The summed E-state index contributed by atoms with van der Waals surface area (Å²) in [6, 6.07) is 11.3. The van der Waals surface area contributed by atoms with Crippen LogP contribution in [0.2, 0.25) is 0 Å². The highest BCUT2D eigenvalue weighted by atomic mass is 16.5. The number of ether oxygens (including phenoxy) is 2. The zero-order chi connectivity index (χ0) is 18.5. The molecule has 0 aliphatic heterocycles. The van der Waals surface area contributed by atoms with Gasteiger partial charge in [0.15, 0.2) is 5.82 Å². The molecule has 3 rings (SSSR count). The van der Waals surface area contributed by atoms with Gasteiger partial charge in [0.1, 0.15) is 23.6 Å². The van der Waals surface area contributed by atoms with Crippen molar-refractivity contribution >= 4 is 28.8 Å². The van der Waals surface area contributed by atoms with Gasteiger partial charge < -0.3 is 15.2 Å². The maximum Gasteiger partial charge on any atom is 0.412 e. The second-order valence-corrected chi connectivity index (χ2v) is 5.49. The first-order valence-electron chi connectivity index (χ1n) is 8.12. The van der Waals surface area contributed by atoms with E-state index in [1.807, 2.05) is 30.3 Å². The average molecular weight is 353 g/mol. The van der Waals surface area contributed by atoms with Crippen LogP contribution in [-0.2, 0) is 11.3 Å². The van der Waals surface area contributed by atoms with Crippen LogP contribution in [0.5, 0.6) is 5.88 Å². The molecule has 0 unspecified atom stereocenters. The Hall–Kier alpha value is -3.42. The number of nitrogens with one attached hydrogen (secondary N) is 1. The Labute approximate surface area is 150 Å². The van der Waals surface area contributed by atoms with Gasteiger partial charge >= 0.3 is 6.09 Å². The molecule has 26 heavy (non-hydrogen) atoms. The van der Waals surface area contributed by atoms with Gasteiger partial charge in [-0.05, 0) is 19.4 Å². The quantitative estimate of drug-likeness (QED) is 0.725. The number of amides is 1. The molecule has 1 aromatic carbocycles. The van der Waals surface area contributed by atoms with E-state index in [0.717, 1.165) is 5.56 Å². The van der Waals surface area contributed by atoms with Crippen LogP contribution in [0.3, 0.4) is 0 Å². The Balaban J connectivity index is 1.85. The second-order valence-electron chi connectivity index (χ2n) is 5.49. The third kappa shape index (κ3) is 3.97. The van der Waals surface area contributed by atoms with Gasteiger partial charge in [0, 0.05) is 6.07 Å². The number of benzene rings is 1. The number of hydrogen-bond acceptors (Lipinski definition) is 7. The number of carbonyl (C=O) groups is 1. The van der Waals surface area contributed by atoms with E-state index in [1.54, 1.807) is 19.9 Å². The standard InChI is InChI=1S/C18H19N5O3/c1-3-25-18(24)22-14-9-13-15(16(19)21-14)23-17(11(2)20-13)26-10-12-7-5-4-6-8-12/h4-9H,3,10H2,1-2H3,(H3,19,21,22,24). The second kappa shape index (κ2) is 7.64. The molecule has 0 aliphatic carbocycles. The van der Waals surface area contributed by atoms with Crippen LogP contribution in [-0.4, -0.2) is 27.7 Å². The van der Waals surface area contributed by atoms with Crippen LogP contribution in [0, 0.1) is 6.92 Å². The molecule has 3 N–H and O–H groups in total. The monoisotopic (exact) mass is 353 g/mol. The van der Waals surface area contributed by atoms with Gasteiger partial charge in [0.05, 0.1) is 12.1 Å². The summed E-state index contributed by atoms with van der Waals surface area (Å²) in [4.78, 5) is 24.5. The first-order chi connectivity index (χ1) is 12.6. The molecule has 0 bridgehead atoms. The number of aryl methyl sites for hydroxylation is 1. The Bertz CT molecular complexity index is 931. The summed E-state index contributed by atoms with van der Waals surface area (Å²) in [7, 11) is 0. The maximum atomic E-state index is 11.5. The fourth-order valence-electron chi connectivity index (χ4n) is 2.35. The molecule has 2 heterocycles. The first-order valence-corrected chi connectivity index (χ1v) is 8.12. The van der Waals surface area contributed by atoms with E-state index in [4.69, 9.17) is 15.2 Å². The molecule has 134 valence electrons. The molecule has 2 aromatic heterocycles. The molecule has 8 heteroatoms. The van der Waals surface area contributed by atoms with E-state index in [2.05, 4.69) is 20.3 Å². The lowest BCUT2D eigenvalue weighted by atomic mass is 10.2. The van der Waals surface area contributed by atoms with Crippen LogP contribution in [0.15, 0.2) is 36.4 Å². The van der Waals surface area contributed by atoms with Crippen molar-refractivity contribution in [3.8, 4) is 5.88 Å². The highest BCUT2D eigenvalue weighted by Crippen LogP contribution is 2.24. The number of rotatable bonds is 5. The average Bonchev–Trinajstić information content (AvgIpc) is 2.61. The molecule has 1 amide bonds. The van der Waals surface area contributed by atoms with Crippen LogP contribution in [0.1, 0.15) is 18.2 Å². The smallest absolute Gasteiger partial charge is 0.412 e. The number of carbonyl (C=O) groups excluding carboxylic acids is 1. The van der Waals surface area contributed by atoms with Gasteiger partial charge in [0.2, 0.25) is 5.88 Å². The van der Waals surface area contributed by atoms with Gasteiger partial charge in [-0.2, -0.15) is 0 Å². The molecule has 0 spiro atoms. The summed E-state index contributed by atoms with van der Waals surface area (Å²) in [6.45, 7) is 4.14. The number of hydrogen-bond donors (Lipinski definition) is 2. The van der Waals surface area contributed by atoms with Crippen molar-refractivity contribution in [2.24, 2.45) is 0 Å². The third-order valence-corrected chi connectivity index (χ3v) is 3.53. The van der Waals surface area contributed by atoms with E-state index >= 15 is 0 Å². The van der Waals surface area contributed by atoms with Crippen LogP contribution >= 0.6 is 0 Å². The largest absolute Gasteiger partial charge is 0.471 e. The van der Waals surface area contributed by atoms with Crippen molar-refractivity contribution in [2.75, 3.05) is 17.7 Å². The normalized spacial score (nSPS) is 10.5. The SMILES string of the molecule is CCOC(=O)Nc1cc2nc(C)c(OCc3ccccc3)nc2c(N)n1. The summed E-state index contributed by atoms with van der Waals surface area (Å²) in [5.74, 6) is 0.785. The van der Waals surface area contributed by atoms with E-state index < -0.39 is 6.09 Å². The molecule has 0 fully saturated rings. The number of anilines is 2. The minimum atomic E-state index is -0.605. The number of nitrogen functional groups attached to an aromatic ring is 1. The molecular weight excluding hydrogens is 334 g/mol. The number of pyridine rings is 1. The van der Waals surface area contributed by atoms with Crippen LogP contribution in [0.25, 0.3) is 11.0 Å². The maximum absolute atomic E-state index is 11.5. The fraction of sp³-hybridized carbons (Fsp3) is 0.222. The Morgan fingerprint density at radius 3 is 2.69 bits per heavy atom. The number of nitrogens with two attached hydrogens (primary N) is 1. The molecule has 0 atom stereocenters. The van der Waals surface area contributed by atoms with Crippen LogP contribution in [0.4, 0.5) is 16.4 Å². The number of fused-ring (bicyclic) bond motifs is 1. The van der Waals surface area contributed by atoms with Crippen molar-refractivity contribution in [2.45, 2.75) is 20.5 Å². The fourth-order valence-corrected chi connectivity index (χ4v) is 2.35. The van der Waals surface area contributed by atoms with E-state index in [9.17, 15) is 4.79 Å². The minimum Gasteiger partial charge on any atom is -0.471 e. The molecule has 3 aromatic rings. The number of nitrogens with zero attached hydrogens (tertiary/aromatic N) is 3. The summed E-state index contributed by atoms with van der Waals surface area (Å²) >= 11 is 0.